The van der Waals surface area contributed by atoms with Crippen molar-refractivity contribution in [1.82, 2.24) is 0 Å². The molecule has 14 heavy (non-hydrogen) atoms. The number of rotatable bonds is 4. The van der Waals surface area contributed by atoms with Crippen molar-refractivity contribution in [2.45, 2.75) is 25.8 Å². The summed E-state index contributed by atoms with van der Waals surface area (Å²) in [6.45, 7) is 6.09. The van der Waals surface area contributed by atoms with E-state index < -0.39 is 0 Å². The van der Waals surface area contributed by atoms with Crippen LogP contribution in [-0.2, 0) is 0 Å². The predicted molar refractivity (Wildman–Crippen MR) is 70.1 cm³/mol. The van der Waals surface area contributed by atoms with E-state index in [0.29, 0.717) is 0 Å². The van der Waals surface area contributed by atoms with Crippen LogP contribution in [0.4, 0.5) is 0 Å². The van der Waals surface area contributed by atoms with Gasteiger partial charge in [0.1, 0.15) is 0 Å². The normalized spacial score (nSPS) is 12.5. The molecule has 0 saturated carbocycles. The quantitative estimate of drug-likeness (QED) is 0.667. The van der Waals surface area contributed by atoms with Crippen molar-refractivity contribution in [2.24, 2.45) is 5.73 Å². The first-order valence-corrected chi connectivity index (χ1v) is 5.89. The molecule has 0 fully saturated rings. The maximum absolute atomic E-state index is 6.08. The van der Waals surface area contributed by atoms with Crippen molar-refractivity contribution >= 4 is 22.6 Å². The molecule has 1 aromatic carbocycles. The number of hydrogen-bond acceptors (Lipinski definition) is 1. The monoisotopic (exact) mass is 301 g/mol. The second-order valence-electron chi connectivity index (χ2n) is 3.47. The van der Waals surface area contributed by atoms with E-state index >= 15 is 0 Å². The first-order chi connectivity index (χ1) is 6.63. The van der Waals surface area contributed by atoms with E-state index in [1.54, 1.807) is 0 Å². The fraction of sp³-hybridized carbons (Fsp3) is 0.333. The van der Waals surface area contributed by atoms with Crippen LogP contribution in [-0.4, -0.2) is 0 Å². The maximum Gasteiger partial charge on any atom is 0.0332 e. The Hall–Kier alpha value is -0.350. The molecule has 0 aliphatic rings. The minimum absolute atomic E-state index is 0.0946. The molecule has 0 heterocycles. The van der Waals surface area contributed by atoms with Crippen molar-refractivity contribution < 1.29 is 0 Å². The molecule has 0 aromatic heterocycles. The standard InChI is InChI=1S/C12H16IN/c1-3-9(2)7-12(14)10-5-4-6-11(13)8-10/h4-6,8,12H,2-3,7,14H2,1H3. The molecule has 76 valence electrons. The average Bonchev–Trinajstić information content (AvgIpc) is 2.17. The Morgan fingerprint density at radius 1 is 1.57 bits per heavy atom. The Balaban J connectivity index is 2.69. The average molecular weight is 301 g/mol. The van der Waals surface area contributed by atoms with E-state index in [1.165, 1.54) is 14.7 Å². The molecule has 0 amide bonds. The zero-order valence-corrected chi connectivity index (χ0v) is 10.6. The highest BCUT2D eigenvalue weighted by molar-refractivity contribution is 14.1. The van der Waals surface area contributed by atoms with Gasteiger partial charge in [0.25, 0.3) is 0 Å². The Labute approximate surface area is 99.5 Å². The third kappa shape index (κ3) is 3.42. The van der Waals surface area contributed by atoms with Crippen LogP contribution >= 0.6 is 22.6 Å². The molecule has 2 heteroatoms. The maximum atomic E-state index is 6.08. The van der Waals surface area contributed by atoms with E-state index in [1.807, 2.05) is 6.07 Å². The Morgan fingerprint density at radius 3 is 2.86 bits per heavy atom. The lowest BCUT2D eigenvalue weighted by atomic mass is 9.99. The summed E-state index contributed by atoms with van der Waals surface area (Å²) in [5.41, 5.74) is 8.50. The summed E-state index contributed by atoms with van der Waals surface area (Å²) in [6.07, 6.45) is 1.90. The highest BCUT2D eigenvalue weighted by Crippen LogP contribution is 2.20. The first-order valence-electron chi connectivity index (χ1n) is 4.81. The summed E-state index contributed by atoms with van der Waals surface area (Å²) < 4.78 is 1.23. The highest BCUT2D eigenvalue weighted by atomic mass is 127. The molecular weight excluding hydrogens is 285 g/mol. The van der Waals surface area contributed by atoms with Gasteiger partial charge in [-0.15, -0.1) is 0 Å². The number of halogens is 1. The first kappa shape index (κ1) is 11.7. The minimum atomic E-state index is 0.0946. The third-order valence-corrected chi connectivity index (χ3v) is 2.96. The van der Waals surface area contributed by atoms with Crippen LogP contribution in [0.3, 0.4) is 0 Å². The largest absolute Gasteiger partial charge is 0.324 e. The van der Waals surface area contributed by atoms with Crippen molar-refractivity contribution in [2.75, 3.05) is 0 Å². The molecule has 1 aromatic rings. The molecule has 0 radical (unpaired) electrons. The van der Waals surface area contributed by atoms with Crippen molar-refractivity contribution in [3.05, 3.63) is 45.6 Å². The molecule has 2 N–H and O–H groups in total. The zero-order chi connectivity index (χ0) is 10.6. The Morgan fingerprint density at radius 2 is 2.29 bits per heavy atom. The summed E-state index contributed by atoms with van der Waals surface area (Å²) in [7, 11) is 0. The molecule has 0 aliphatic heterocycles. The van der Waals surface area contributed by atoms with E-state index in [4.69, 9.17) is 5.73 Å². The van der Waals surface area contributed by atoms with Gasteiger partial charge >= 0.3 is 0 Å². The summed E-state index contributed by atoms with van der Waals surface area (Å²) in [4.78, 5) is 0. The van der Waals surface area contributed by atoms with Gasteiger partial charge in [0.2, 0.25) is 0 Å². The van der Waals surface area contributed by atoms with Gasteiger partial charge in [0, 0.05) is 9.61 Å². The lowest BCUT2D eigenvalue weighted by Gasteiger charge is -2.13. The van der Waals surface area contributed by atoms with Gasteiger partial charge < -0.3 is 5.73 Å². The fourth-order valence-electron chi connectivity index (χ4n) is 1.31. The van der Waals surface area contributed by atoms with Gasteiger partial charge in [0.15, 0.2) is 0 Å². The molecule has 1 nitrogen and oxygen atoms in total. The van der Waals surface area contributed by atoms with E-state index in [-0.39, 0.29) is 6.04 Å². The van der Waals surface area contributed by atoms with Crippen LogP contribution in [0.25, 0.3) is 0 Å². The lowest BCUT2D eigenvalue weighted by Crippen LogP contribution is -2.10. The Bertz CT molecular complexity index is 320. The molecule has 0 saturated heterocycles. The fourth-order valence-corrected chi connectivity index (χ4v) is 1.88. The molecule has 1 unspecified atom stereocenters. The van der Waals surface area contributed by atoms with Gasteiger partial charge in [-0.3, -0.25) is 0 Å². The van der Waals surface area contributed by atoms with Crippen LogP contribution in [0, 0.1) is 3.57 Å². The van der Waals surface area contributed by atoms with E-state index in [0.717, 1.165) is 12.8 Å². The van der Waals surface area contributed by atoms with E-state index in [9.17, 15) is 0 Å². The predicted octanol–water partition coefficient (Wildman–Crippen LogP) is 3.65. The number of benzene rings is 1. The molecule has 1 rings (SSSR count). The molecule has 0 aliphatic carbocycles. The second kappa shape index (κ2) is 5.51. The molecule has 1 atom stereocenters. The minimum Gasteiger partial charge on any atom is -0.324 e. The Kier molecular flexibility index (Phi) is 4.62. The molecule has 0 spiro atoms. The number of hydrogen-bond donors (Lipinski definition) is 1. The van der Waals surface area contributed by atoms with E-state index in [2.05, 4.69) is 54.3 Å². The van der Waals surface area contributed by atoms with Gasteiger partial charge in [-0.2, -0.15) is 0 Å². The third-order valence-electron chi connectivity index (χ3n) is 2.29. The van der Waals surface area contributed by atoms with Crippen molar-refractivity contribution in [3.63, 3.8) is 0 Å². The van der Waals surface area contributed by atoms with Gasteiger partial charge in [0.05, 0.1) is 0 Å². The SMILES string of the molecule is C=C(CC)CC(N)c1cccc(I)c1. The second-order valence-corrected chi connectivity index (χ2v) is 4.71. The number of nitrogens with two attached hydrogens (primary N) is 1. The van der Waals surface area contributed by atoms with Gasteiger partial charge in [-0.05, 0) is 53.1 Å². The highest BCUT2D eigenvalue weighted by Gasteiger charge is 2.06. The molecular formula is C12H16IN. The topological polar surface area (TPSA) is 26.0 Å². The molecule has 0 bridgehead atoms. The summed E-state index contributed by atoms with van der Waals surface area (Å²) >= 11 is 2.30. The van der Waals surface area contributed by atoms with Crippen LogP contribution in [0.15, 0.2) is 36.4 Å². The van der Waals surface area contributed by atoms with Gasteiger partial charge in [-0.25, -0.2) is 0 Å². The zero-order valence-electron chi connectivity index (χ0n) is 8.46. The van der Waals surface area contributed by atoms with Crippen LogP contribution in [0.2, 0.25) is 0 Å². The van der Waals surface area contributed by atoms with Crippen LogP contribution in [0.1, 0.15) is 31.4 Å². The van der Waals surface area contributed by atoms with Crippen molar-refractivity contribution in [1.29, 1.82) is 0 Å². The summed E-state index contributed by atoms with van der Waals surface area (Å²) in [5.74, 6) is 0. The van der Waals surface area contributed by atoms with Crippen LogP contribution < -0.4 is 5.73 Å². The van der Waals surface area contributed by atoms with Crippen LogP contribution in [0.5, 0.6) is 0 Å². The summed E-state index contributed by atoms with van der Waals surface area (Å²) in [5, 5.41) is 0. The lowest BCUT2D eigenvalue weighted by molar-refractivity contribution is 0.701. The summed E-state index contributed by atoms with van der Waals surface area (Å²) in [6, 6.07) is 8.43. The van der Waals surface area contributed by atoms with Crippen molar-refractivity contribution in [3.8, 4) is 0 Å². The van der Waals surface area contributed by atoms with Gasteiger partial charge in [-0.1, -0.05) is 31.2 Å². The smallest absolute Gasteiger partial charge is 0.0332 e.